The first-order valence-corrected chi connectivity index (χ1v) is 29.4. The number of rotatable bonds is 8. The van der Waals surface area contributed by atoms with Gasteiger partial charge in [0.15, 0.2) is 0 Å². The molecule has 0 saturated heterocycles. The molecule has 0 amide bonds. The monoisotopic (exact) mass is 1090 g/mol. The lowest BCUT2D eigenvalue weighted by Crippen LogP contribution is -2.28. The van der Waals surface area contributed by atoms with Crippen molar-refractivity contribution in [3.63, 3.8) is 0 Å². The summed E-state index contributed by atoms with van der Waals surface area (Å²) in [6.07, 6.45) is 1.96. The van der Waals surface area contributed by atoms with Crippen LogP contribution in [-0.4, -0.2) is 4.98 Å². The molecule has 0 bridgehead atoms. The number of hydrogen-bond acceptors (Lipinski definition) is 6. The predicted octanol–water partition coefficient (Wildman–Crippen LogP) is 21.9. The average molecular weight is 1090 g/mol. The maximum Gasteiger partial charge on any atom is 0.143 e. The fraction of sp³-hybridized carbons (Fsp3) is 0.0128. The number of furan rings is 2. The zero-order chi connectivity index (χ0) is 55.0. The number of hydrogen-bond donors (Lipinski definition) is 0. The van der Waals surface area contributed by atoms with Crippen LogP contribution >= 0.6 is 11.3 Å². The van der Waals surface area contributed by atoms with E-state index in [1.807, 2.05) is 29.7 Å². The molecule has 84 heavy (non-hydrogen) atoms. The van der Waals surface area contributed by atoms with Crippen molar-refractivity contribution in [3.05, 3.63) is 308 Å². The van der Waals surface area contributed by atoms with Gasteiger partial charge in [-0.3, -0.25) is 4.98 Å². The van der Waals surface area contributed by atoms with Gasteiger partial charge in [0, 0.05) is 98.6 Å². The summed E-state index contributed by atoms with van der Waals surface area (Å²) in [7, 11) is 0. The second-order valence-electron chi connectivity index (χ2n) is 22.0. The van der Waals surface area contributed by atoms with Crippen molar-refractivity contribution in [3.8, 4) is 44.6 Å². The Labute approximate surface area is 487 Å². The van der Waals surface area contributed by atoms with Gasteiger partial charge in [0.25, 0.3) is 0 Å². The highest BCUT2D eigenvalue weighted by Gasteiger charge is 2.55. The highest BCUT2D eigenvalue weighted by atomic mass is 32.1. The molecule has 18 rings (SSSR count). The topological polar surface area (TPSA) is 45.7 Å². The summed E-state index contributed by atoms with van der Waals surface area (Å²) in [4.78, 5) is 10.3. The van der Waals surface area contributed by atoms with E-state index in [0.29, 0.717) is 0 Å². The van der Waals surface area contributed by atoms with Gasteiger partial charge in [-0.05, 0) is 130 Å². The van der Waals surface area contributed by atoms with E-state index in [-0.39, 0.29) is 0 Å². The number of aromatic nitrogens is 1. The van der Waals surface area contributed by atoms with Crippen molar-refractivity contribution in [2.24, 2.45) is 0 Å². The maximum absolute atomic E-state index is 6.74. The number of fused-ring (bicyclic) bond motifs is 19. The first-order chi connectivity index (χ1) is 41.7. The molecule has 0 saturated carbocycles. The van der Waals surface area contributed by atoms with Gasteiger partial charge in [-0.15, -0.1) is 11.3 Å². The lowest BCUT2D eigenvalue weighted by Gasteiger charge is -2.36. The number of anilines is 6. The van der Waals surface area contributed by atoms with Crippen LogP contribution in [-0.2, 0) is 5.41 Å². The molecule has 5 nitrogen and oxygen atoms in total. The lowest BCUT2D eigenvalue weighted by molar-refractivity contribution is 0.669. The van der Waals surface area contributed by atoms with E-state index in [2.05, 4.69) is 277 Å². The highest BCUT2D eigenvalue weighted by Crippen LogP contribution is 2.67. The summed E-state index contributed by atoms with van der Waals surface area (Å²) >= 11 is 1.87. The maximum atomic E-state index is 6.74. The van der Waals surface area contributed by atoms with Crippen molar-refractivity contribution in [2.75, 3.05) is 9.80 Å². The summed E-state index contributed by atoms with van der Waals surface area (Å²) in [5, 5.41) is 6.87. The Morgan fingerprint density at radius 3 is 1.55 bits per heavy atom. The Kier molecular flexibility index (Phi) is 10.1. The molecule has 0 fully saturated rings. The van der Waals surface area contributed by atoms with Gasteiger partial charge in [0.1, 0.15) is 22.3 Å². The average Bonchev–Trinajstić information content (AvgIpc) is 1.66. The molecule has 16 aromatic rings. The Balaban J connectivity index is 0.919. The fourth-order valence-electron chi connectivity index (χ4n) is 14.3. The zero-order valence-corrected chi connectivity index (χ0v) is 46.0. The Morgan fingerprint density at radius 1 is 0.333 bits per heavy atom. The van der Waals surface area contributed by atoms with Gasteiger partial charge in [0.2, 0.25) is 0 Å². The van der Waals surface area contributed by atoms with Crippen LogP contribution in [0.1, 0.15) is 22.3 Å². The molecule has 6 heteroatoms. The summed E-state index contributed by atoms with van der Waals surface area (Å²) in [6.45, 7) is 0. The number of thiophene rings is 1. The molecule has 1 unspecified atom stereocenters. The largest absolute Gasteiger partial charge is 0.455 e. The van der Waals surface area contributed by atoms with Gasteiger partial charge < -0.3 is 18.6 Å². The number of pyridine rings is 1. The number of benzene rings is 12. The van der Waals surface area contributed by atoms with Gasteiger partial charge in [0.05, 0.1) is 16.8 Å². The normalized spacial score (nSPS) is 14.0. The molecule has 392 valence electrons. The van der Waals surface area contributed by atoms with Crippen LogP contribution in [0.15, 0.2) is 294 Å². The van der Waals surface area contributed by atoms with Gasteiger partial charge >= 0.3 is 0 Å². The predicted molar refractivity (Wildman–Crippen MR) is 348 cm³/mol. The minimum absolute atomic E-state index is 0.834. The summed E-state index contributed by atoms with van der Waals surface area (Å²) in [6, 6.07) is 102. The Morgan fingerprint density at radius 2 is 0.857 bits per heavy atom. The van der Waals surface area contributed by atoms with Crippen LogP contribution in [0, 0.1) is 0 Å². The van der Waals surface area contributed by atoms with Crippen LogP contribution < -0.4 is 9.80 Å². The molecule has 0 N–H and O–H groups in total. The van der Waals surface area contributed by atoms with E-state index in [9.17, 15) is 0 Å². The smallest absolute Gasteiger partial charge is 0.143 e. The first kappa shape index (κ1) is 46.9. The summed E-state index contributed by atoms with van der Waals surface area (Å²) in [5.41, 5.74) is 22.6. The molecule has 4 aromatic heterocycles. The molecule has 12 aromatic carbocycles. The third-order valence-corrected chi connectivity index (χ3v) is 18.8. The Bertz CT molecular complexity index is 5320. The second-order valence-corrected chi connectivity index (χ2v) is 23.1. The number of para-hydroxylation sites is 6. The SMILES string of the molecule is c1ccc(N(c2cccc(-c3cccc4c3oc3ccccc34)c2)c2ccc3c(c2)C2(c4ccccc4-c4ncccc42)c2c-3cc3sc4ccccc4c3c2N(c2ccccc2)c2cccc(-c3cccc4c3oc3ccccc34)c2)cc1. The minimum atomic E-state index is -0.834. The molecular weight excluding hydrogens is 1040 g/mol. The summed E-state index contributed by atoms with van der Waals surface area (Å²) in [5.74, 6) is 0. The van der Waals surface area contributed by atoms with E-state index in [1.165, 1.54) is 48.0 Å². The molecule has 2 aliphatic carbocycles. The molecule has 2 aliphatic rings. The van der Waals surface area contributed by atoms with Crippen LogP contribution in [0.25, 0.3) is 109 Å². The third kappa shape index (κ3) is 6.68. The van der Waals surface area contributed by atoms with Gasteiger partial charge in [-0.25, -0.2) is 0 Å². The first-order valence-electron chi connectivity index (χ1n) is 28.6. The van der Waals surface area contributed by atoms with E-state index in [1.54, 1.807) is 0 Å². The lowest BCUT2D eigenvalue weighted by atomic mass is 9.69. The van der Waals surface area contributed by atoms with Crippen LogP contribution in [0.5, 0.6) is 0 Å². The molecule has 1 atom stereocenters. The standard InChI is InChI=1S/C78H47N3O2S/c1-3-22-50(23-4-1)80(52-26-15-20-48(44-52)55-32-17-34-60-58-28-8-12-38-68(58)82-76(55)60)54-41-42-57-64-47-71-72(63-31-10-14-40-70(63)84-71)75(73(64)78(67(57)46-54)65-36-11-7-30-62(65)74-66(78)37-19-43-79-74)81(51-24-5-2-6-25-51)53-27-16-21-49(45-53)56-33-18-35-61-59-29-9-13-39-69(59)83-77(56)61/h1-47H. The third-order valence-electron chi connectivity index (χ3n) is 17.7. The quantitative estimate of drug-likeness (QED) is 0.152. The van der Waals surface area contributed by atoms with Crippen LogP contribution in [0.2, 0.25) is 0 Å². The van der Waals surface area contributed by atoms with E-state index >= 15 is 0 Å². The molecule has 0 aliphatic heterocycles. The molecule has 0 radical (unpaired) electrons. The van der Waals surface area contributed by atoms with E-state index < -0.39 is 5.41 Å². The van der Waals surface area contributed by atoms with Crippen molar-refractivity contribution in [2.45, 2.75) is 5.41 Å². The van der Waals surface area contributed by atoms with Crippen LogP contribution in [0.3, 0.4) is 0 Å². The molecular formula is C78H47N3O2S. The van der Waals surface area contributed by atoms with Crippen molar-refractivity contribution in [1.29, 1.82) is 0 Å². The molecule has 1 spiro atoms. The van der Waals surface area contributed by atoms with Crippen molar-refractivity contribution < 1.29 is 8.83 Å². The molecule has 4 heterocycles. The second kappa shape index (κ2) is 18.1. The van der Waals surface area contributed by atoms with E-state index in [4.69, 9.17) is 13.8 Å². The van der Waals surface area contributed by atoms with Gasteiger partial charge in [-0.1, -0.05) is 188 Å². The van der Waals surface area contributed by atoms with Crippen LogP contribution in [0.4, 0.5) is 34.1 Å². The van der Waals surface area contributed by atoms with Crippen molar-refractivity contribution in [1.82, 2.24) is 4.98 Å². The Hall–Kier alpha value is -10.8. The minimum Gasteiger partial charge on any atom is -0.455 e. The van der Waals surface area contributed by atoms with E-state index in [0.717, 1.165) is 117 Å². The van der Waals surface area contributed by atoms with Crippen molar-refractivity contribution >= 4 is 110 Å². The number of nitrogens with zero attached hydrogens (tertiary/aromatic N) is 3. The fourth-order valence-corrected chi connectivity index (χ4v) is 15.4. The van der Waals surface area contributed by atoms with Gasteiger partial charge in [-0.2, -0.15) is 0 Å². The highest BCUT2D eigenvalue weighted by molar-refractivity contribution is 7.26. The summed E-state index contributed by atoms with van der Waals surface area (Å²) < 4.78 is 15.9. The zero-order valence-electron chi connectivity index (χ0n) is 45.2.